The molecule has 6 nitrogen and oxygen atoms in total. The van der Waals surface area contributed by atoms with Crippen LogP contribution in [0.1, 0.15) is 62.6 Å². The minimum atomic E-state index is -4.38. The Hall–Kier alpha value is -2.29. The molecule has 2 aromatic heterocycles. The Labute approximate surface area is 207 Å². The molecule has 2 heterocycles. The summed E-state index contributed by atoms with van der Waals surface area (Å²) in [6.45, 7) is 3.99. The average molecular weight is 513 g/mol. The van der Waals surface area contributed by atoms with Gasteiger partial charge in [-0.25, -0.2) is 4.79 Å². The highest BCUT2D eigenvalue weighted by Gasteiger charge is 2.47. The summed E-state index contributed by atoms with van der Waals surface area (Å²) in [5.41, 5.74) is 2.31. The zero-order valence-corrected chi connectivity index (χ0v) is 20.9. The Bertz CT molecular complexity index is 1150. The number of nitrogens with one attached hydrogen (secondary N) is 2. The molecule has 2 aliphatic carbocycles. The molecule has 2 saturated carbocycles. The maximum absolute atomic E-state index is 13.3. The Morgan fingerprint density at radius 1 is 1.11 bits per heavy atom. The first-order chi connectivity index (χ1) is 16.4. The molecule has 0 radical (unpaired) electrons. The van der Waals surface area contributed by atoms with E-state index < -0.39 is 29.5 Å². The molecule has 2 aliphatic rings. The van der Waals surface area contributed by atoms with Crippen molar-refractivity contribution < 1.29 is 18.0 Å². The van der Waals surface area contributed by atoms with Crippen molar-refractivity contribution in [2.24, 2.45) is 18.9 Å². The van der Waals surface area contributed by atoms with Gasteiger partial charge in [-0.2, -0.15) is 13.2 Å². The maximum Gasteiger partial charge on any atom is 0.393 e. The first kappa shape index (κ1) is 25.8. The lowest BCUT2D eigenvalue weighted by Gasteiger charge is -2.36. The van der Waals surface area contributed by atoms with Crippen LogP contribution >= 0.6 is 11.6 Å². The fraction of sp³-hybridized carbons (Fsp3) is 0.640. The van der Waals surface area contributed by atoms with Crippen LogP contribution in [0.4, 0.5) is 18.0 Å². The second kappa shape index (κ2) is 9.99. The van der Waals surface area contributed by atoms with Crippen molar-refractivity contribution in [3.8, 4) is 0 Å². The quantitative estimate of drug-likeness (QED) is 0.558. The van der Waals surface area contributed by atoms with Gasteiger partial charge in [0.05, 0.1) is 11.4 Å². The first-order valence-corrected chi connectivity index (χ1v) is 12.6. The van der Waals surface area contributed by atoms with E-state index in [1.807, 2.05) is 19.1 Å². The SMILES string of the molecule is Cc1cc2c(cn1)cc(C1CC(NC(=O)NC3CCC(Cl)C(C(F)(F)F)C3)CCC1C)c(=O)n2C. The molecule has 0 spiro atoms. The van der Waals surface area contributed by atoms with Crippen LogP contribution in [-0.2, 0) is 7.05 Å². The number of alkyl halides is 4. The molecule has 6 atom stereocenters. The largest absolute Gasteiger partial charge is 0.393 e. The van der Waals surface area contributed by atoms with Gasteiger partial charge in [-0.05, 0) is 69.4 Å². The van der Waals surface area contributed by atoms with Gasteiger partial charge >= 0.3 is 12.2 Å². The van der Waals surface area contributed by atoms with Crippen molar-refractivity contribution in [3.05, 3.63) is 39.9 Å². The van der Waals surface area contributed by atoms with Crippen LogP contribution in [0.15, 0.2) is 23.1 Å². The minimum absolute atomic E-state index is 0.0419. The van der Waals surface area contributed by atoms with Crippen molar-refractivity contribution in [1.29, 1.82) is 0 Å². The number of pyridine rings is 2. The molecule has 10 heteroatoms. The normalized spacial score (nSPS) is 29.7. The van der Waals surface area contributed by atoms with Crippen LogP contribution in [0, 0.1) is 18.8 Å². The number of aryl methyl sites for hydroxylation is 2. The van der Waals surface area contributed by atoms with Crippen LogP contribution in [-0.4, -0.2) is 39.2 Å². The van der Waals surface area contributed by atoms with Gasteiger partial charge < -0.3 is 15.2 Å². The van der Waals surface area contributed by atoms with E-state index in [2.05, 4.69) is 22.5 Å². The van der Waals surface area contributed by atoms with Gasteiger partial charge in [0.1, 0.15) is 0 Å². The summed E-state index contributed by atoms with van der Waals surface area (Å²) in [4.78, 5) is 30.2. The molecule has 2 amide bonds. The van der Waals surface area contributed by atoms with E-state index in [4.69, 9.17) is 11.6 Å². The number of aromatic nitrogens is 2. The summed E-state index contributed by atoms with van der Waals surface area (Å²) in [6, 6.07) is 2.60. The van der Waals surface area contributed by atoms with Gasteiger partial charge in [-0.3, -0.25) is 9.78 Å². The van der Waals surface area contributed by atoms with Gasteiger partial charge in [0, 0.05) is 47.3 Å². The molecular formula is C25H32ClF3N4O2. The van der Waals surface area contributed by atoms with Crippen LogP contribution in [0.2, 0.25) is 0 Å². The molecule has 2 N–H and O–H groups in total. The number of rotatable bonds is 3. The van der Waals surface area contributed by atoms with E-state index >= 15 is 0 Å². The molecule has 2 aromatic rings. The third kappa shape index (κ3) is 5.60. The van der Waals surface area contributed by atoms with E-state index in [-0.39, 0.29) is 36.3 Å². The summed E-state index contributed by atoms with van der Waals surface area (Å²) in [7, 11) is 1.76. The van der Waals surface area contributed by atoms with Crippen molar-refractivity contribution in [1.82, 2.24) is 20.2 Å². The van der Waals surface area contributed by atoms with Crippen LogP contribution in [0.25, 0.3) is 10.9 Å². The number of hydrogen-bond donors (Lipinski definition) is 2. The van der Waals surface area contributed by atoms with E-state index in [1.165, 1.54) is 0 Å². The molecule has 2 fully saturated rings. The Balaban J connectivity index is 1.44. The van der Waals surface area contributed by atoms with Gasteiger partial charge in [-0.1, -0.05) is 6.92 Å². The first-order valence-electron chi connectivity index (χ1n) is 12.2. The molecule has 4 rings (SSSR count). The number of halogens is 4. The van der Waals surface area contributed by atoms with Crippen molar-refractivity contribution in [2.75, 3.05) is 0 Å². The Morgan fingerprint density at radius 2 is 1.77 bits per heavy atom. The van der Waals surface area contributed by atoms with Gasteiger partial charge in [0.15, 0.2) is 0 Å². The standard InChI is InChI=1S/C25H32ClF3N4O2/c1-13-4-5-16(31-24(35)32-17-6-7-21(26)20(11-17)25(27,28)29)10-18(13)19-9-15-12-30-14(2)8-22(15)33(3)23(19)34/h8-9,12-13,16-18,20-21H,4-7,10-11H2,1-3H3,(H2,31,32,35). The molecule has 0 saturated heterocycles. The highest BCUT2D eigenvalue weighted by molar-refractivity contribution is 6.20. The third-order valence-corrected chi connectivity index (χ3v) is 8.25. The highest BCUT2D eigenvalue weighted by atomic mass is 35.5. The number of nitrogens with zero attached hydrogens (tertiary/aromatic N) is 2. The van der Waals surface area contributed by atoms with Crippen molar-refractivity contribution in [3.63, 3.8) is 0 Å². The van der Waals surface area contributed by atoms with Crippen LogP contribution in [0.3, 0.4) is 0 Å². The predicted molar refractivity (Wildman–Crippen MR) is 130 cm³/mol. The average Bonchev–Trinajstić information content (AvgIpc) is 2.78. The summed E-state index contributed by atoms with van der Waals surface area (Å²) in [6.07, 6.45) is -0.0250. The third-order valence-electron chi connectivity index (χ3n) is 7.72. The maximum atomic E-state index is 13.3. The predicted octanol–water partition coefficient (Wildman–Crippen LogP) is 5.15. The van der Waals surface area contributed by atoms with E-state index in [0.717, 1.165) is 29.4 Å². The van der Waals surface area contributed by atoms with Gasteiger partial charge in [0.2, 0.25) is 0 Å². The number of amides is 2. The molecule has 35 heavy (non-hydrogen) atoms. The van der Waals surface area contributed by atoms with E-state index in [1.54, 1.807) is 17.8 Å². The number of fused-ring (bicyclic) bond motifs is 1. The van der Waals surface area contributed by atoms with Gasteiger partial charge in [0.25, 0.3) is 5.56 Å². The number of carbonyl (C=O) groups is 1. The van der Waals surface area contributed by atoms with Crippen LogP contribution < -0.4 is 16.2 Å². The van der Waals surface area contributed by atoms with E-state index in [9.17, 15) is 22.8 Å². The summed E-state index contributed by atoms with van der Waals surface area (Å²) < 4.78 is 41.4. The summed E-state index contributed by atoms with van der Waals surface area (Å²) in [5.74, 6) is -1.41. The zero-order chi connectivity index (χ0) is 25.5. The second-order valence-corrected chi connectivity index (χ2v) is 10.8. The Kier molecular flexibility index (Phi) is 7.36. The number of urea groups is 1. The lowest BCUT2D eigenvalue weighted by molar-refractivity contribution is -0.182. The monoisotopic (exact) mass is 512 g/mol. The molecule has 6 unspecified atom stereocenters. The van der Waals surface area contributed by atoms with E-state index in [0.29, 0.717) is 18.4 Å². The lowest BCUT2D eigenvalue weighted by Crippen LogP contribution is -2.51. The topological polar surface area (TPSA) is 76.0 Å². The Morgan fingerprint density at radius 3 is 2.46 bits per heavy atom. The molecule has 0 bridgehead atoms. The van der Waals surface area contributed by atoms with Crippen molar-refractivity contribution >= 4 is 28.5 Å². The van der Waals surface area contributed by atoms with Crippen LogP contribution in [0.5, 0.6) is 0 Å². The fourth-order valence-corrected chi connectivity index (χ4v) is 6.03. The molecule has 0 aliphatic heterocycles. The van der Waals surface area contributed by atoms with Crippen molar-refractivity contribution in [2.45, 2.75) is 81.9 Å². The summed E-state index contributed by atoms with van der Waals surface area (Å²) >= 11 is 5.90. The lowest BCUT2D eigenvalue weighted by atomic mass is 9.74. The number of hydrogen-bond acceptors (Lipinski definition) is 3. The smallest absolute Gasteiger partial charge is 0.335 e. The summed E-state index contributed by atoms with van der Waals surface area (Å²) in [5, 5.41) is 5.60. The second-order valence-electron chi connectivity index (χ2n) is 10.2. The minimum Gasteiger partial charge on any atom is -0.335 e. The zero-order valence-electron chi connectivity index (χ0n) is 20.2. The highest BCUT2D eigenvalue weighted by Crippen LogP contribution is 2.41. The molecular weight excluding hydrogens is 481 g/mol. The fourth-order valence-electron chi connectivity index (χ4n) is 5.66. The molecule has 192 valence electrons. The van der Waals surface area contributed by atoms with Gasteiger partial charge in [-0.15, -0.1) is 11.6 Å². The number of carbonyl (C=O) groups excluding carboxylic acids is 1. The molecule has 0 aromatic carbocycles.